The van der Waals surface area contributed by atoms with Crippen LogP contribution in [0.4, 0.5) is 11.4 Å². The van der Waals surface area contributed by atoms with Crippen molar-refractivity contribution in [3.8, 4) is 6.07 Å². The summed E-state index contributed by atoms with van der Waals surface area (Å²) in [7, 11) is 0. The van der Waals surface area contributed by atoms with Gasteiger partial charge in [-0.2, -0.15) is 5.26 Å². The van der Waals surface area contributed by atoms with E-state index >= 15 is 0 Å². The first-order chi connectivity index (χ1) is 10.0. The van der Waals surface area contributed by atoms with E-state index in [0.717, 1.165) is 18.8 Å². The van der Waals surface area contributed by atoms with Crippen LogP contribution in [-0.2, 0) is 4.79 Å². The Bertz CT molecular complexity index is 554. The predicted molar refractivity (Wildman–Crippen MR) is 83.8 cm³/mol. The number of nitriles is 1. The molecule has 2 rings (SSSR count). The molecular formula is C16H22N4O. The smallest absolute Gasteiger partial charge is 0.222 e. The van der Waals surface area contributed by atoms with Crippen molar-refractivity contribution in [2.45, 2.75) is 20.3 Å². The summed E-state index contributed by atoms with van der Waals surface area (Å²) in [6.07, 6.45) is 0.602. The summed E-state index contributed by atoms with van der Waals surface area (Å²) in [6.45, 7) is 7.04. The largest absolute Gasteiger partial charge is 0.399 e. The Labute approximate surface area is 125 Å². The lowest BCUT2D eigenvalue weighted by Crippen LogP contribution is -2.49. The first-order valence-corrected chi connectivity index (χ1v) is 7.33. The molecule has 0 aromatic heterocycles. The van der Waals surface area contributed by atoms with Gasteiger partial charge < -0.3 is 15.5 Å². The Balaban J connectivity index is 2.02. The Morgan fingerprint density at radius 3 is 2.57 bits per heavy atom. The van der Waals surface area contributed by atoms with E-state index < -0.39 is 0 Å². The van der Waals surface area contributed by atoms with Gasteiger partial charge in [0.1, 0.15) is 6.07 Å². The lowest BCUT2D eigenvalue weighted by atomic mass is 10.1. The Morgan fingerprint density at radius 2 is 2.00 bits per heavy atom. The van der Waals surface area contributed by atoms with Gasteiger partial charge in [0.15, 0.2) is 0 Å². The van der Waals surface area contributed by atoms with Crippen molar-refractivity contribution in [3.05, 3.63) is 23.8 Å². The van der Waals surface area contributed by atoms with Gasteiger partial charge in [-0.05, 0) is 24.1 Å². The van der Waals surface area contributed by atoms with E-state index in [1.807, 2.05) is 17.0 Å². The third-order valence-electron chi connectivity index (χ3n) is 3.70. The summed E-state index contributed by atoms with van der Waals surface area (Å²) in [4.78, 5) is 16.1. The number of rotatable bonds is 3. The van der Waals surface area contributed by atoms with Crippen LogP contribution in [0.1, 0.15) is 25.8 Å². The normalized spacial score (nSPS) is 15.1. The molecule has 1 aromatic carbocycles. The fourth-order valence-corrected chi connectivity index (χ4v) is 2.59. The van der Waals surface area contributed by atoms with Gasteiger partial charge in [-0.1, -0.05) is 13.8 Å². The first-order valence-electron chi connectivity index (χ1n) is 7.33. The zero-order valence-electron chi connectivity index (χ0n) is 12.7. The first kappa shape index (κ1) is 15.2. The average Bonchev–Trinajstić information content (AvgIpc) is 2.46. The molecular weight excluding hydrogens is 264 g/mol. The molecule has 0 saturated carbocycles. The number of nitrogens with two attached hydrogens (primary N) is 1. The van der Waals surface area contributed by atoms with E-state index in [0.29, 0.717) is 36.7 Å². The molecule has 1 aliphatic rings. The molecule has 0 bridgehead atoms. The van der Waals surface area contributed by atoms with Crippen molar-refractivity contribution >= 4 is 17.3 Å². The van der Waals surface area contributed by atoms with Gasteiger partial charge in [0.2, 0.25) is 5.91 Å². The molecule has 0 radical (unpaired) electrons. The van der Waals surface area contributed by atoms with Gasteiger partial charge >= 0.3 is 0 Å². The Hall–Kier alpha value is -2.22. The molecule has 0 atom stereocenters. The number of anilines is 2. The summed E-state index contributed by atoms with van der Waals surface area (Å²) in [5.74, 6) is 0.611. The van der Waals surface area contributed by atoms with E-state index in [2.05, 4.69) is 24.8 Å². The summed E-state index contributed by atoms with van der Waals surface area (Å²) in [5, 5.41) is 9.22. The van der Waals surface area contributed by atoms with Crippen molar-refractivity contribution < 1.29 is 4.79 Å². The number of nitrogens with zero attached hydrogens (tertiary/aromatic N) is 3. The molecule has 5 nitrogen and oxygen atoms in total. The van der Waals surface area contributed by atoms with E-state index in [1.165, 1.54) is 0 Å². The molecule has 5 heteroatoms. The lowest BCUT2D eigenvalue weighted by Gasteiger charge is -2.36. The minimum atomic E-state index is 0.225. The highest BCUT2D eigenvalue weighted by molar-refractivity contribution is 5.77. The summed E-state index contributed by atoms with van der Waals surface area (Å²) >= 11 is 0. The maximum Gasteiger partial charge on any atom is 0.222 e. The Morgan fingerprint density at radius 1 is 1.33 bits per heavy atom. The van der Waals surface area contributed by atoms with Gasteiger partial charge in [0.05, 0.1) is 11.3 Å². The quantitative estimate of drug-likeness (QED) is 0.860. The van der Waals surface area contributed by atoms with Gasteiger partial charge in [-0.25, -0.2) is 0 Å². The van der Waals surface area contributed by atoms with Crippen molar-refractivity contribution in [2.75, 3.05) is 36.8 Å². The number of hydrogen-bond acceptors (Lipinski definition) is 4. The van der Waals surface area contributed by atoms with Crippen LogP contribution in [0.2, 0.25) is 0 Å². The highest BCUT2D eigenvalue weighted by Gasteiger charge is 2.22. The second kappa shape index (κ2) is 6.49. The van der Waals surface area contributed by atoms with E-state index in [1.54, 1.807) is 6.07 Å². The molecule has 112 valence electrons. The highest BCUT2D eigenvalue weighted by atomic mass is 16.2. The number of carbonyl (C=O) groups is 1. The third-order valence-corrected chi connectivity index (χ3v) is 3.70. The number of piperazine rings is 1. The van der Waals surface area contributed by atoms with Crippen LogP contribution in [0.25, 0.3) is 0 Å². The van der Waals surface area contributed by atoms with Crippen LogP contribution in [0.3, 0.4) is 0 Å². The van der Waals surface area contributed by atoms with Crippen LogP contribution in [-0.4, -0.2) is 37.0 Å². The van der Waals surface area contributed by atoms with E-state index in [4.69, 9.17) is 5.73 Å². The van der Waals surface area contributed by atoms with Crippen LogP contribution >= 0.6 is 0 Å². The predicted octanol–water partition coefficient (Wildman–Crippen LogP) is 1.84. The average molecular weight is 286 g/mol. The molecule has 0 aliphatic carbocycles. The number of carbonyl (C=O) groups excluding carboxylic acids is 1. The summed E-state index contributed by atoms with van der Waals surface area (Å²) < 4.78 is 0. The van der Waals surface area contributed by atoms with Crippen molar-refractivity contribution in [3.63, 3.8) is 0 Å². The second-order valence-corrected chi connectivity index (χ2v) is 5.85. The molecule has 1 fully saturated rings. The van der Waals surface area contributed by atoms with Gasteiger partial charge in [0.25, 0.3) is 0 Å². The zero-order valence-corrected chi connectivity index (χ0v) is 12.7. The standard InChI is InChI=1S/C16H22N4O/c1-12(2)9-16(21)20-7-5-19(6-8-20)15-4-3-14(18)10-13(15)11-17/h3-4,10,12H,5-9,18H2,1-2H3. The molecule has 0 spiro atoms. The number of nitrogen functional groups attached to an aromatic ring is 1. The monoisotopic (exact) mass is 286 g/mol. The summed E-state index contributed by atoms with van der Waals surface area (Å²) in [5.41, 5.74) is 7.82. The minimum absolute atomic E-state index is 0.225. The Kier molecular flexibility index (Phi) is 4.69. The third kappa shape index (κ3) is 3.66. The lowest BCUT2D eigenvalue weighted by molar-refractivity contribution is -0.132. The molecule has 1 saturated heterocycles. The second-order valence-electron chi connectivity index (χ2n) is 5.85. The van der Waals surface area contributed by atoms with Crippen LogP contribution in [0.15, 0.2) is 18.2 Å². The fourth-order valence-electron chi connectivity index (χ4n) is 2.59. The molecule has 1 heterocycles. The van der Waals surface area contributed by atoms with Crippen molar-refractivity contribution in [2.24, 2.45) is 5.92 Å². The van der Waals surface area contributed by atoms with Crippen LogP contribution in [0.5, 0.6) is 0 Å². The summed E-state index contributed by atoms with van der Waals surface area (Å²) in [6, 6.07) is 7.59. The molecule has 1 aliphatic heterocycles. The van der Waals surface area contributed by atoms with Gasteiger partial charge in [0, 0.05) is 38.3 Å². The van der Waals surface area contributed by atoms with Crippen LogP contribution < -0.4 is 10.6 Å². The maximum absolute atomic E-state index is 12.1. The van der Waals surface area contributed by atoms with Gasteiger partial charge in [-0.15, -0.1) is 0 Å². The maximum atomic E-state index is 12.1. The number of amides is 1. The van der Waals surface area contributed by atoms with E-state index in [9.17, 15) is 10.1 Å². The minimum Gasteiger partial charge on any atom is -0.399 e. The number of benzene rings is 1. The van der Waals surface area contributed by atoms with E-state index in [-0.39, 0.29) is 5.91 Å². The van der Waals surface area contributed by atoms with Gasteiger partial charge in [-0.3, -0.25) is 4.79 Å². The topological polar surface area (TPSA) is 73.4 Å². The molecule has 0 unspecified atom stereocenters. The molecule has 2 N–H and O–H groups in total. The SMILES string of the molecule is CC(C)CC(=O)N1CCN(c2ccc(N)cc2C#N)CC1. The highest BCUT2D eigenvalue weighted by Crippen LogP contribution is 2.24. The van der Waals surface area contributed by atoms with Crippen LogP contribution in [0, 0.1) is 17.2 Å². The van der Waals surface area contributed by atoms with Crippen molar-refractivity contribution in [1.29, 1.82) is 5.26 Å². The molecule has 21 heavy (non-hydrogen) atoms. The molecule has 1 aromatic rings. The van der Waals surface area contributed by atoms with Crippen molar-refractivity contribution in [1.82, 2.24) is 4.90 Å². The number of hydrogen-bond donors (Lipinski definition) is 1. The zero-order chi connectivity index (χ0) is 15.4. The molecule has 1 amide bonds. The fraction of sp³-hybridized carbons (Fsp3) is 0.500.